The van der Waals surface area contributed by atoms with Crippen LogP contribution in [0.1, 0.15) is 26.4 Å². The number of nitriles is 1. The van der Waals surface area contributed by atoms with Gasteiger partial charge in [-0.2, -0.15) is 5.26 Å². The smallest absolute Gasteiger partial charge is 0.338 e. The second-order valence-electron chi connectivity index (χ2n) is 5.66. The van der Waals surface area contributed by atoms with Crippen LogP contribution in [0.3, 0.4) is 0 Å². The fourth-order valence-corrected chi connectivity index (χ4v) is 2.27. The Balaban J connectivity index is 2.19. The molecule has 0 aliphatic rings. The Morgan fingerprint density at radius 1 is 1.41 bits per heavy atom. The molecule has 2 aromatic heterocycles. The highest BCUT2D eigenvalue weighted by Crippen LogP contribution is 2.19. The fraction of sp³-hybridized carbons (Fsp3) is 0.222. The summed E-state index contributed by atoms with van der Waals surface area (Å²) in [4.78, 5) is 43.6. The van der Waals surface area contributed by atoms with Gasteiger partial charge in [0.1, 0.15) is 23.4 Å². The summed E-state index contributed by atoms with van der Waals surface area (Å²) in [5.74, 6) is -1.05. The average molecular weight is 398 g/mol. The molecule has 0 radical (unpaired) electrons. The van der Waals surface area contributed by atoms with Crippen molar-refractivity contribution >= 4 is 35.6 Å². The van der Waals surface area contributed by atoms with Gasteiger partial charge in [-0.3, -0.25) is 15.0 Å². The van der Waals surface area contributed by atoms with Crippen LogP contribution >= 0.6 is 0 Å². The molecule has 0 atom stereocenters. The number of urea groups is 1. The molecule has 2 amide bonds. The van der Waals surface area contributed by atoms with E-state index in [-0.39, 0.29) is 22.9 Å². The molecule has 2 aromatic rings. The summed E-state index contributed by atoms with van der Waals surface area (Å²) in [6.45, 7) is 0.880. The summed E-state index contributed by atoms with van der Waals surface area (Å²) in [5, 5.41) is 23.8. The molecule has 0 bridgehead atoms. The molecule has 2 rings (SSSR count). The zero-order valence-electron chi connectivity index (χ0n) is 15.7. The highest BCUT2D eigenvalue weighted by molar-refractivity contribution is 6.01. The second kappa shape index (κ2) is 9.77. The minimum atomic E-state index is -1.30. The Morgan fingerprint density at radius 2 is 2.17 bits per heavy atom. The van der Waals surface area contributed by atoms with Crippen molar-refractivity contribution in [2.75, 3.05) is 42.8 Å². The van der Waals surface area contributed by atoms with Crippen LogP contribution in [0.15, 0.2) is 24.4 Å². The van der Waals surface area contributed by atoms with E-state index in [0.717, 1.165) is 4.90 Å². The number of anilines is 3. The van der Waals surface area contributed by atoms with Gasteiger partial charge in [0.25, 0.3) is 0 Å². The molecule has 0 saturated heterocycles. The third-order valence-corrected chi connectivity index (χ3v) is 3.78. The summed E-state index contributed by atoms with van der Waals surface area (Å²) < 4.78 is 4.95. The molecule has 29 heavy (non-hydrogen) atoms. The normalized spacial score (nSPS) is 9.97. The summed E-state index contributed by atoms with van der Waals surface area (Å²) in [6.07, 6.45) is 1.62. The van der Waals surface area contributed by atoms with Gasteiger partial charge < -0.3 is 15.2 Å². The van der Waals surface area contributed by atoms with Gasteiger partial charge in [0.05, 0.1) is 23.4 Å². The van der Waals surface area contributed by atoms with E-state index in [2.05, 4.69) is 20.6 Å². The van der Waals surface area contributed by atoms with Crippen LogP contribution in [-0.4, -0.2) is 60.7 Å². The number of pyridine rings is 2. The predicted octanol–water partition coefficient (Wildman–Crippen LogP) is 1.59. The van der Waals surface area contributed by atoms with Crippen LogP contribution in [0, 0.1) is 11.3 Å². The summed E-state index contributed by atoms with van der Waals surface area (Å²) >= 11 is 0. The molecule has 0 aliphatic heterocycles. The number of methoxy groups -OCH3 is 1. The van der Waals surface area contributed by atoms with E-state index >= 15 is 0 Å². The minimum absolute atomic E-state index is 0.0710. The highest BCUT2D eigenvalue weighted by atomic mass is 16.5. The van der Waals surface area contributed by atoms with Crippen LogP contribution in [0.25, 0.3) is 0 Å². The lowest BCUT2D eigenvalue weighted by Gasteiger charge is -2.18. The van der Waals surface area contributed by atoms with E-state index < -0.39 is 12.0 Å². The van der Waals surface area contributed by atoms with Crippen molar-refractivity contribution in [3.8, 4) is 6.07 Å². The molecule has 11 heteroatoms. The lowest BCUT2D eigenvalue weighted by Crippen LogP contribution is -2.32. The summed E-state index contributed by atoms with van der Waals surface area (Å²) in [7, 11) is 2.95. The second-order valence-corrected chi connectivity index (χ2v) is 5.66. The van der Waals surface area contributed by atoms with Crippen molar-refractivity contribution in [2.24, 2.45) is 0 Å². The molecule has 0 aliphatic carbocycles. The molecular formula is C18H18N6O5. The van der Waals surface area contributed by atoms with Gasteiger partial charge in [-0.15, -0.1) is 0 Å². The van der Waals surface area contributed by atoms with E-state index in [1.54, 1.807) is 7.11 Å². The van der Waals surface area contributed by atoms with Crippen LogP contribution in [-0.2, 0) is 4.74 Å². The summed E-state index contributed by atoms with van der Waals surface area (Å²) in [6, 6.07) is 5.37. The number of nitrogens with zero attached hydrogens (tertiary/aromatic N) is 4. The van der Waals surface area contributed by atoms with Gasteiger partial charge in [0.2, 0.25) is 0 Å². The Morgan fingerprint density at radius 3 is 2.79 bits per heavy atom. The van der Waals surface area contributed by atoms with E-state index in [9.17, 15) is 14.4 Å². The number of hydrogen-bond acceptors (Lipinski definition) is 8. The lowest BCUT2D eigenvalue weighted by atomic mass is 10.2. The monoisotopic (exact) mass is 398 g/mol. The van der Waals surface area contributed by atoms with Crippen molar-refractivity contribution < 1.29 is 24.2 Å². The van der Waals surface area contributed by atoms with Crippen molar-refractivity contribution in [2.45, 2.75) is 0 Å². The number of rotatable bonds is 8. The van der Waals surface area contributed by atoms with E-state index in [1.807, 2.05) is 6.07 Å². The molecule has 0 aromatic carbocycles. The number of carboxylic acid groups (broad SMARTS) is 1. The Labute approximate surface area is 165 Å². The molecule has 2 heterocycles. The summed E-state index contributed by atoms with van der Waals surface area (Å²) in [5.41, 5.74) is 0.215. The largest absolute Gasteiger partial charge is 0.478 e. The number of carbonyl (C=O) groups excluding carboxylic acids is 2. The number of hydrogen-bond donors (Lipinski definition) is 3. The SMILES string of the molecule is COCCNc1cc(NC(=O)N(C)c2ccc(C(=O)O)c(C=O)n2)ncc1C#N. The maximum absolute atomic E-state index is 12.5. The maximum Gasteiger partial charge on any atom is 0.338 e. The van der Waals surface area contributed by atoms with Crippen LogP contribution in [0.5, 0.6) is 0 Å². The van der Waals surface area contributed by atoms with Crippen LogP contribution < -0.4 is 15.5 Å². The quantitative estimate of drug-likeness (QED) is 0.443. The number of amides is 2. The molecule has 11 nitrogen and oxygen atoms in total. The van der Waals surface area contributed by atoms with Gasteiger partial charge in [0, 0.05) is 33.0 Å². The fourth-order valence-electron chi connectivity index (χ4n) is 2.27. The van der Waals surface area contributed by atoms with E-state index in [0.29, 0.717) is 30.7 Å². The van der Waals surface area contributed by atoms with Crippen molar-refractivity contribution in [3.63, 3.8) is 0 Å². The number of aldehydes is 1. The molecule has 0 saturated carbocycles. The highest BCUT2D eigenvalue weighted by Gasteiger charge is 2.18. The molecule has 0 spiro atoms. The first-order valence-corrected chi connectivity index (χ1v) is 8.28. The first-order chi connectivity index (χ1) is 13.9. The third kappa shape index (κ3) is 5.24. The molecule has 0 unspecified atom stereocenters. The molecule has 0 fully saturated rings. The molecule has 150 valence electrons. The van der Waals surface area contributed by atoms with Crippen LogP contribution in [0.4, 0.5) is 22.1 Å². The zero-order chi connectivity index (χ0) is 21.4. The Hall–Kier alpha value is -4.04. The number of ether oxygens (including phenoxy) is 1. The average Bonchev–Trinajstić information content (AvgIpc) is 2.73. The van der Waals surface area contributed by atoms with Gasteiger partial charge >= 0.3 is 12.0 Å². The topological polar surface area (TPSA) is 158 Å². The standard InChI is InChI=1S/C18H18N6O5/c1-24(16-4-3-12(17(26)27)14(10-25)22-16)18(28)23-15-7-13(20-5-6-29-2)11(8-19)9-21-15/h3-4,7,9-10H,5-6H2,1-2H3,(H,26,27)(H2,20,21,23,28). The first kappa shape index (κ1) is 21.3. The van der Waals surface area contributed by atoms with Gasteiger partial charge in [-0.05, 0) is 12.1 Å². The first-order valence-electron chi connectivity index (χ1n) is 8.28. The van der Waals surface area contributed by atoms with E-state index in [1.165, 1.54) is 31.4 Å². The molecular weight excluding hydrogens is 380 g/mol. The van der Waals surface area contributed by atoms with Crippen molar-refractivity contribution in [1.82, 2.24) is 9.97 Å². The van der Waals surface area contributed by atoms with Gasteiger partial charge in [-0.1, -0.05) is 0 Å². The number of carbonyl (C=O) groups is 3. The number of nitrogens with one attached hydrogen (secondary N) is 2. The van der Waals surface area contributed by atoms with Gasteiger partial charge in [-0.25, -0.2) is 19.6 Å². The number of aromatic carboxylic acids is 1. The minimum Gasteiger partial charge on any atom is -0.478 e. The maximum atomic E-state index is 12.5. The zero-order valence-corrected chi connectivity index (χ0v) is 15.7. The number of aromatic nitrogens is 2. The molecule has 3 N–H and O–H groups in total. The lowest BCUT2D eigenvalue weighted by molar-refractivity contribution is 0.0693. The van der Waals surface area contributed by atoms with Crippen LogP contribution in [0.2, 0.25) is 0 Å². The van der Waals surface area contributed by atoms with E-state index in [4.69, 9.17) is 15.1 Å². The predicted molar refractivity (Wildman–Crippen MR) is 103 cm³/mol. The number of carboxylic acids is 1. The third-order valence-electron chi connectivity index (χ3n) is 3.78. The Bertz CT molecular complexity index is 972. The Kier molecular flexibility index (Phi) is 7.16. The van der Waals surface area contributed by atoms with Crippen molar-refractivity contribution in [1.29, 1.82) is 5.26 Å². The van der Waals surface area contributed by atoms with Crippen molar-refractivity contribution in [3.05, 3.63) is 41.2 Å². The van der Waals surface area contributed by atoms with Gasteiger partial charge in [0.15, 0.2) is 6.29 Å².